The lowest BCUT2D eigenvalue weighted by atomic mass is 9.95. The van der Waals surface area contributed by atoms with Crippen molar-refractivity contribution in [2.45, 2.75) is 18.7 Å². The van der Waals surface area contributed by atoms with E-state index in [-0.39, 0.29) is 12.3 Å². The molecule has 0 aliphatic rings. The SMILES string of the molecule is Cn1cnnc1C(CCOC(F)(F)F)c1cccc(Br)c1. The molecule has 0 spiro atoms. The molecule has 21 heavy (non-hydrogen) atoms. The zero-order valence-electron chi connectivity index (χ0n) is 11.1. The van der Waals surface area contributed by atoms with Gasteiger partial charge in [0, 0.05) is 17.4 Å². The van der Waals surface area contributed by atoms with E-state index in [0.29, 0.717) is 5.82 Å². The van der Waals surface area contributed by atoms with Crippen LogP contribution < -0.4 is 0 Å². The van der Waals surface area contributed by atoms with Gasteiger partial charge >= 0.3 is 6.36 Å². The summed E-state index contributed by atoms with van der Waals surface area (Å²) in [7, 11) is 1.75. The summed E-state index contributed by atoms with van der Waals surface area (Å²) in [5.74, 6) is 0.274. The molecule has 0 aliphatic heterocycles. The zero-order valence-corrected chi connectivity index (χ0v) is 12.7. The second kappa shape index (κ2) is 6.57. The fourth-order valence-corrected chi connectivity index (χ4v) is 2.49. The Hall–Kier alpha value is -1.41. The lowest BCUT2D eigenvalue weighted by molar-refractivity contribution is -0.324. The molecule has 0 saturated carbocycles. The number of rotatable bonds is 5. The van der Waals surface area contributed by atoms with Gasteiger partial charge in [0.2, 0.25) is 0 Å². The van der Waals surface area contributed by atoms with Crippen molar-refractivity contribution in [3.8, 4) is 0 Å². The number of aryl methyl sites for hydroxylation is 1. The van der Waals surface area contributed by atoms with E-state index in [1.54, 1.807) is 11.6 Å². The molecule has 0 N–H and O–H groups in total. The molecule has 1 atom stereocenters. The maximum Gasteiger partial charge on any atom is 0.522 e. The normalized spacial score (nSPS) is 13.4. The van der Waals surface area contributed by atoms with Crippen molar-refractivity contribution in [2.24, 2.45) is 7.05 Å². The van der Waals surface area contributed by atoms with Crippen molar-refractivity contribution in [3.05, 3.63) is 46.5 Å². The molecule has 1 aromatic carbocycles. The second-order valence-electron chi connectivity index (χ2n) is 4.49. The minimum Gasteiger partial charge on any atom is -0.320 e. The van der Waals surface area contributed by atoms with Crippen LogP contribution in [0.2, 0.25) is 0 Å². The standard InChI is InChI=1S/C13H13BrF3N3O/c1-20-8-18-19-12(20)11(5-6-21-13(15,16)17)9-3-2-4-10(14)7-9/h2-4,7-8,11H,5-6H2,1H3. The predicted octanol–water partition coefficient (Wildman–Crippen LogP) is 3.64. The average Bonchev–Trinajstić information content (AvgIpc) is 2.79. The highest BCUT2D eigenvalue weighted by molar-refractivity contribution is 9.10. The summed E-state index contributed by atoms with van der Waals surface area (Å²) in [5, 5.41) is 7.78. The van der Waals surface area contributed by atoms with Gasteiger partial charge in [0.05, 0.1) is 6.61 Å². The Morgan fingerprint density at radius 3 is 2.71 bits per heavy atom. The minimum absolute atomic E-state index is 0.155. The molecule has 0 bridgehead atoms. The van der Waals surface area contributed by atoms with Gasteiger partial charge in [-0.05, 0) is 24.1 Å². The monoisotopic (exact) mass is 363 g/mol. The van der Waals surface area contributed by atoms with Crippen LogP contribution in [0.5, 0.6) is 0 Å². The molecule has 8 heteroatoms. The second-order valence-corrected chi connectivity index (χ2v) is 5.41. The van der Waals surface area contributed by atoms with E-state index in [1.807, 2.05) is 24.3 Å². The van der Waals surface area contributed by atoms with E-state index < -0.39 is 13.0 Å². The van der Waals surface area contributed by atoms with Crippen LogP contribution in [0.1, 0.15) is 23.7 Å². The zero-order chi connectivity index (χ0) is 15.5. The summed E-state index contributed by atoms with van der Waals surface area (Å²) >= 11 is 3.36. The van der Waals surface area contributed by atoms with Gasteiger partial charge in [-0.15, -0.1) is 23.4 Å². The highest BCUT2D eigenvalue weighted by Crippen LogP contribution is 2.29. The van der Waals surface area contributed by atoms with E-state index in [9.17, 15) is 13.2 Å². The Morgan fingerprint density at radius 1 is 1.38 bits per heavy atom. The van der Waals surface area contributed by atoms with Crippen LogP contribution in [-0.4, -0.2) is 27.7 Å². The Kier molecular flexibility index (Phi) is 5.00. The van der Waals surface area contributed by atoms with Crippen LogP contribution in [0.3, 0.4) is 0 Å². The van der Waals surface area contributed by atoms with Crippen molar-refractivity contribution < 1.29 is 17.9 Å². The molecule has 4 nitrogen and oxygen atoms in total. The minimum atomic E-state index is -4.62. The fourth-order valence-electron chi connectivity index (χ4n) is 2.07. The molecular formula is C13H13BrF3N3O. The largest absolute Gasteiger partial charge is 0.522 e. The number of nitrogens with zero attached hydrogens (tertiary/aromatic N) is 3. The highest BCUT2D eigenvalue weighted by atomic mass is 79.9. The van der Waals surface area contributed by atoms with Crippen molar-refractivity contribution >= 4 is 15.9 Å². The number of alkyl halides is 3. The van der Waals surface area contributed by atoms with Gasteiger partial charge in [0.15, 0.2) is 0 Å². The summed E-state index contributed by atoms with van der Waals surface area (Å²) in [6.07, 6.45) is -2.95. The predicted molar refractivity (Wildman–Crippen MR) is 73.6 cm³/mol. The van der Waals surface area contributed by atoms with Crippen LogP contribution in [0, 0.1) is 0 Å². The number of hydrogen-bond donors (Lipinski definition) is 0. The molecule has 1 heterocycles. The Bertz CT molecular complexity index is 600. The van der Waals surface area contributed by atoms with Crippen molar-refractivity contribution in [1.82, 2.24) is 14.8 Å². The third-order valence-corrected chi connectivity index (χ3v) is 3.47. The summed E-state index contributed by atoms with van der Waals surface area (Å²) in [6, 6.07) is 7.38. The molecule has 0 aliphatic carbocycles. The first kappa shape index (κ1) is 16.0. The summed E-state index contributed by atoms with van der Waals surface area (Å²) in [5.41, 5.74) is 0.853. The van der Waals surface area contributed by atoms with E-state index in [1.165, 1.54) is 6.33 Å². The van der Waals surface area contributed by atoms with Gasteiger partial charge in [-0.1, -0.05) is 28.1 Å². The molecule has 0 saturated heterocycles. The molecular weight excluding hydrogens is 351 g/mol. The molecule has 2 rings (SSSR count). The lowest BCUT2D eigenvalue weighted by Gasteiger charge is -2.17. The highest BCUT2D eigenvalue weighted by Gasteiger charge is 2.30. The maximum atomic E-state index is 12.1. The molecule has 114 valence electrons. The first-order valence-corrected chi connectivity index (χ1v) is 6.96. The molecule has 0 amide bonds. The van der Waals surface area contributed by atoms with E-state index >= 15 is 0 Å². The van der Waals surface area contributed by atoms with Crippen LogP contribution >= 0.6 is 15.9 Å². The molecule has 2 aromatic rings. The van der Waals surface area contributed by atoms with Gasteiger partial charge in [-0.25, -0.2) is 0 Å². The number of aromatic nitrogens is 3. The Morgan fingerprint density at radius 2 is 2.14 bits per heavy atom. The summed E-state index contributed by atoms with van der Waals surface area (Å²) in [6.45, 7) is -0.437. The van der Waals surface area contributed by atoms with Crippen LogP contribution in [-0.2, 0) is 11.8 Å². The van der Waals surface area contributed by atoms with Gasteiger partial charge < -0.3 is 4.57 Å². The third kappa shape index (κ3) is 4.53. The van der Waals surface area contributed by atoms with Gasteiger partial charge in [-0.3, -0.25) is 4.74 Å². The maximum absolute atomic E-state index is 12.1. The van der Waals surface area contributed by atoms with Gasteiger partial charge in [0.1, 0.15) is 12.2 Å². The molecule has 0 fully saturated rings. The topological polar surface area (TPSA) is 39.9 Å². The molecule has 1 aromatic heterocycles. The number of hydrogen-bond acceptors (Lipinski definition) is 3. The van der Waals surface area contributed by atoms with E-state index in [4.69, 9.17) is 0 Å². The van der Waals surface area contributed by atoms with Crippen LogP contribution in [0.15, 0.2) is 35.1 Å². The average molecular weight is 364 g/mol. The quantitative estimate of drug-likeness (QED) is 0.814. The smallest absolute Gasteiger partial charge is 0.320 e. The molecule has 0 radical (unpaired) electrons. The number of benzene rings is 1. The summed E-state index contributed by atoms with van der Waals surface area (Å²) < 4.78 is 42.8. The lowest BCUT2D eigenvalue weighted by Crippen LogP contribution is -2.17. The number of ether oxygens (including phenoxy) is 1. The van der Waals surface area contributed by atoms with Crippen LogP contribution in [0.4, 0.5) is 13.2 Å². The van der Waals surface area contributed by atoms with Crippen molar-refractivity contribution in [3.63, 3.8) is 0 Å². The third-order valence-electron chi connectivity index (χ3n) is 2.98. The van der Waals surface area contributed by atoms with Crippen molar-refractivity contribution in [1.29, 1.82) is 0 Å². The van der Waals surface area contributed by atoms with E-state index in [0.717, 1.165) is 10.0 Å². The van der Waals surface area contributed by atoms with E-state index in [2.05, 4.69) is 30.9 Å². The number of halogens is 4. The Balaban J connectivity index is 2.21. The van der Waals surface area contributed by atoms with Gasteiger partial charge in [-0.2, -0.15) is 0 Å². The van der Waals surface area contributed by atoms with Crippen LogP contribution in [0.25, 0.3) is 0 Å². The first-order chi connectivity index (χ1) is 9.87. The van der Waals surface area contributed by atoms with Crippen molar-refractivity contribution in [2.75, 3.05) is 6.61 Å². The Labute approximate surface area is 128 Å². The van der Waals surface area contributed by atoms with Gasteiger partial charge in [0.25, 0.3) is 0 Å². The molecule has 1 unspecified atom stereocenters. The summed E-state index contributed by atoms with van der Waals surface area (Å²) in [4.78, 5) is 0. The fraction of sp³-hybridized carbons (Fsp3) is 0.385. The first-order valence-electron chi connectivity index (χ1n) is 6.17.